The smallest absolute Gasteiger partial charge is 0.308 e. The maximum atomic E-state index is 12.2. The molecule has 0 aromatic heterocycles. The molecule has 0 fully saturated rings. The van der Waals surface area contributed by atoms with Gasteiger partial charge in [0, 0.05) is 0 Å². The molecule has 0 saturated carbocycles. The second kappa shape index (κ2) is 25.1. The molecule has 0 spiro atoms. The minimum absolute atomic E-state index is 0.0227. The van der Waals surface area contributed by atoms with Crippen LogP contribution in [0.4, 0.5) is 0 Å². The van der Waals surface area contributed by atoms with E-state index >= 15 is 0 Å². The van der Waals surface area contributed by atoms with Crippen molar-refractivity contribution in [2.75, 3.05) is 6.61 Å². The number of rotatable bonds is 25. The summed E-state index contributed by atoms with van der Waals surface area (Å²) in [4.78, 5) is 12.2. The monoisotopic (exact) mass is 452 g/mol. The van der Waals surface area contributed by atoms with Crippen molar-refractivity contribution in [2.24, 2.45) is 11.8 Å². The molecule has 0 radical (unpaired) electrons. The lowest BCUT2D eigenvalue weighted by Gasteiger charge is -2.19. The zero-order valence-electron chi connectivity index (χ0n) is 22.7. The molecular formula is C30H60O2. The Balaban J connectivity index is 3.93. The second-order valence-electron chi connectivity index (χ2n) is 10.4. The van der Waals surface area contributed by atoms with Crippen LogP contribution >= 0.6 is 0 Å². The SMILES string of the molecule is CCCCCCCCCCCCCCC(CCCCCCCC)COC(=O)C(C)CCC. The van der Waals surface area contributed by atoms with Crippen LogP contribution in [0.3, 0.4) is 0 Å². The normalized spacial score (nSPS) is 13.2. The van der Waals surface area contributed by atoms with Crippen molar-refractivity contribution >= 4 is 5.97 Å². The van der Waals surface area contributed by atoms with E-state index in [9.17, 15) is 4.79 Å². The van der Waals surface area contributed by atoms with Gasteiger partial charge in [-0.15, -0.1) is 0 Å². The largest absolute Gasteiger partial charge is 0.465 e. The Bertz CT molecular complexity index is 379. The van der Waals surface area contributed by atoms with Crippen LogP contribution in [0.5, 0.6) is 0 Å². The highest BCUT2D eigenvalue weighted by molar-refractivity contribution is 5.71. The lowest BCUT2D eigenvalue weighted by molar-refractivity contribution is -0.149. The Morgan fingerprint density at radius 3 is 1.28 bits per heavy atom. The summed E-state index contributed by atoms with van der Waals surface area (Å²) in [6.45, 7) is 9.37. The molecule has 0 aliphatic heterocycles. The van der Waals surface area contributed by atoms with Crippen LogP contribution in [0.2, 0.25) is 0 Å². The van der Waals surface area contributed by atoms with Gasteiger partial charge in [-0.05, 0) is 25.2 Å². The van der Waals surface area contributed by atoms with E-state index in [2.05, 4.69) is 20.8 Å². The summed E-state index contributed by atoms with van der Waals surface area (Å²) in [5.41, 5.74) is 0. The highest BCUT2D eigenvalue weighted by atomic mass is 16.5. The van der Waals surface area contributed by atoms with E-state index in [0.717, 1.165) is 12.8 Å². The maximum absolute atomic E-state index is 12.2. The highest BCUT2D eigenvalue weighted by Crippen LogP contribution is 2.21. The van der Waals surface area contributed by atoms with E-state index in [1.807, 2.05) is 6.92 Å². The molecule has 192 valence electrons. The van der Waals surface area contributed by atoms with Crippen LogP contribution in [-0.2, 0) is 9.53 Å². The molecule has 2 atom stereocenters. The summed E-state index contributed by atoms with van der Waals surface area (Å²) in [5.74, 6) is 0.651. The van der Waals surface area contributed by atoms with Gasteiger partial charge in [0.15, 0.2) is 0 Å². The number of hydrogen-bond donors (Lipinski definition) is 0. The van der Waals surface area contributed by atoms with Crippen molar-refractivity contribution in [1.82, 2.24) is 0 Å². The molecule has 0 aromatic rings. The maximum Gasteiger partial charge on any atom is 0.308 e. The third-order valence-corrected chi connectivity index (χ3v) is 7.02. The Kier molecular flexibility index (Phi) is 24.7. The number of carbonyl (C=O) groups is 1. The van der Waals surface area contributed by atoms with E-state index in [1.165, 1.54) is 128 Å². The second-order valence-corrected chi connectivity index (χ2v) is 10.4. The van der Waals surface area contributed by atoms with Crippen LogP contribution in [0.25, 0.3) is 0 Å². The van der Waals surface area contributed by atoms with Gasteiger partial charge >= 0.3 is 5.97 Å². The summed E-state index contributed by atoms with van der Waals surface area (Å²) < 4.78 is 5.73. The minimum atomic E-state index is 0.0227. The highest BCUT2D eigenvalue weighted by Gasteiger charge is 2.16. The third-order valence-electron chi connectivity index (χ3n) is 7.02. The first-order valence-corrected chi connectivity index (χ1v) is 14.8. The standard InChI is InChI=1S/C30H60O2/c1-5-8-10-12-14-15-16-17-18-19-21-23-26-29(25-22-20-13-11-9-6-2)27-32-30(31)28(4)24-7-3/h28-29H,5-27H2,1-4H3. The van der Waals surface area contributed by atoms with Crippen LogP contribution in [0, 0.1) is 11.8 Å². The van der Waals surface area contributed by atoms with Gasteiger partial charge < -0.3 is 4.74 Å². The minimum Gasteiger partial charge on any atom is -0.465 e. The van der Waals surface area contributed by atoms with Gasteiger partial charge in [-0.25, -0.2) is 0 Å². The number of unbranched alkanes of at least 4 members (excludes halogenated alkanes) is 16. The molecule has 0 aromatic carbocycles. The van der Waals surface area contributed by atoms with Crippen LogP contribution in [0.1, 0.15) is 169 Å². The summed E-state index contributed by atoms with van der Waals surface area (Å²) >= 11 is 0. The number of ether oxygens (including phenoxy) is 1. The fourth-order valence-corrected chi connectivity index (χ4v) is 4.69. The van der Waals surface area contributed by atoms with Crippen LogP contribution in [-0.4, -0.2) is 12.6 Å². The van der Waals surface area contributed by atoms with Gasteiger partial charge in [-0.3, -0.25) is 4.79 Å². The molecule has 0 aliphatic carbocycles. The van der Waals surface area contributed by atoms with Gasteiger partial charge in [0.25, 0.3) is 0 Å². The number of hydrogen-bond acceptors (Lipinski definition) is 2. The summed E-state index contributed by atoms with van der Waals surface area (Å²) in [6.07, 6.45) is 29.3. The lowest BCUT2D eigenvalue weighted by Crippen LogP contribution is -2.19. The predicted molar refractivity (Wildman–Crippen MR) is 142 cm³/mol. The van der Waals surface area contributed by atoms with Crippen molar-refractivity contribution in [3.63, 3.8) is 0 Å². The van der Waals surface area contributed by atoms with E-state index < -0.39 is 0 Å². The fourth-order valence-electron chi connectivity index (χ4n) is 4.69. The lowest BCUT2D eigenvalue weighted by atomic mass is 9.94. The molecular weight excluding hydrogens is 392 g/mol. The van der Waals surface area contributed by atoms with E-state index in [4.69, 9.17) is 4.74 Å². The molecule has 0 rings (SSSR count). The number of carbonyl (C=O) groups excluding carboxylic acids is 1. The first-order chi connectivity index (χ1) is 15.7. The quantitative estimate of drug-likeness (QED) is 0.102. The molecule has 0 amide bonds. The predicted octanol–water partition coefficient (Wildman–Crippen LogP) is 10.4. The van der Waals surface area contributed by atoms with Gasteiger partial charge in [0.1, 0.15) is 0 Å². The fraction of sp³-hybridized carbons (Fsp3) is 0.967. The number of esters is 1. The molecule has 2 unspecified atom stereocenters. The van der Waals surface area contributed by atoms with Gasteiger partial charge in [-0.2, -0.15) is 0 Å². The average molecular weight is 453 g/mol. The molecule has 32 heavy (non-hydrogen) atoms. The Hall–Kier alpha value is -0.530. The van der Waals surface area contributed by atoms with Gasteiger partial charge in [-0.1, -0.05) is 150 Å². The summed E-state index contributed by atoms with van der Waals surface area (Å²) in [6, 6.07) is 0. The van der Waals surface area contributed by atoms with Crippen molar-refractivity contribution in [3.05, 3.63) is 0 Å². The first-order valence-electron chi connectivity index (χ1n) is 14.8. The Labute approximate surface area is 203 Å². The van der Waals surface area contributed by atoms with E-state index in [1.54, 1.807) is 0 Å². The molecule has 0 saturated heterocycles. The molecule has 0 N–H and O–H groups in total. The average Bonchev–Trinajstić information content (AvgIpc) is 2.79. The molecule has 2 heteroatoms. The van der Waals surface area contributed by atoms with E-state index in [-0.39, 0.29) is 11.9 Å². The third kappa shape index (κ3) is 21.3. The Morgan fingerprint density at radius 2 is 0.906 bits per heavy atom. The molecule has 2 nitrogen and oxygen atoms in total. The van der Waals surface area contributed by atoms with Crippen molar-refractivity contribution in [3.8, 4) is 0 Å². The Morgan fingerprint density at radius 1 is 0.531 bits per heavy atom. The van der Waals surface area contributed by atoms with E-state index in [0.29, 0.717) is 12.5 Å². The van der Waals surface area contributed by atoms with Gasteiger partial charge in [0.2, 0.25) is 0 Å². The van der Waals surface area contributed by atoms with Crippen molar-refractivity contribution < 1.29 is 9.53 Å². The van der Waals surface area contributed by atoms with Crippen LogP contribution in [0.15, 0.2) is 0 Å². The molecule has 0 heterocycles. The van der Waals surface area contributed by atoms with Crippen molar-refractivity contribution in [1.29, 1.82) is 0 Å². The zero-order valence-corrected chi connectivity index (χ0v) is 22.7. The van der Waals surface area contributed by atoms with Gasteiger partial charge in [0.05, 0.1) is 12.5 Å². The molecule has 0 aliphatic rings. The molecule has 0 bridgehead atoms. The summed E-state index contributed by atoms with van der Waals surface area (Å²) in [5, 5.41) is 0. The zero-order chi connectivity index (χ0) is 23.7. The van der Waals surface area contributed by atoms with Crippen LogP contribution < -0.4 is 0 Å². The topological polar surface area (TPSA) is 26.3 Å². The van der Waals surface area contributed by atoms with Crippen molar-refractivity contribution in [2.45, 2.75) is 169 Å². The summed E-state index contributed by atoms with van der Waals surface area (Å²) in [7, 11) is 0. The first kappa shape index (κ1) is 31.5.